The first-order chi connectivity index (χ1) is 20.2. The highest BCUT2D eigenvalue weighted by atomic mass is 35.5. The van der Waals surface area contributed by atoms with Crippen molar-refractivity contribution in [3.05, 3.63) is 93.5 Å². The Morgan fingerprint density at radius 3 is 2.24 bits per heavy atom. The molecule has 1 heterocycles. The van der Waals surface area contributed by atoms with Gasteiger partial charge in [-0.3, -0.25) is 14.4 Å². The molecule has 11 heteroatoms. The molecule has 1 atom stereocenters. The van der Waals surface area contributed by atoms with E-state index in [1.807, 2.05) is 6.92 Å². The number of ketones is 1. The van der Waals surface area contributed by atoms with Gasteiger partial charge in [0.1, 0.15) is 5.75 Å². The van der Waals surface area contributed by atoms with Crippen molar-refractivity contribution < 1.29 is 38.2 Å². The molecule has 1 aliphatic heterocycles. The monoisotopic (exact) mass is 611 g/mol. The van der Waals surface area contributed by atoms with Crippen LogP contribution in [0.15, 0.2) is 66.7 Å². The standard InChI is InChI=1S/C31H27Cl2NO8/c1-2-3-14-40-29(37)20-4-9-23(10-5-20)34-17-21(15-28(34)36)30(38)41-18-27(35)19-6-11-24(12-7-19)42-31(39)25-13-8-22(32)16-26(25)33/h4-13,16,21H,2-3,14-15,17-18H2,1H3/t21-/m0/s1. The number of hydrogen-bond donors (Lipinski definition) is 0. The zero-order valence-corrected chi connectivity index (χ0v) is 24.2. The summed E-state index contributed by atoms with van der Waals surface area (Å²) in [7, 11) is 0. The fraction of sp³-hybridized carbons (Fsp3) is 0.258. The summed E-state index contributed by atoms with van der Waals surface area (Å²) in [5.41, 5.74) is 1.28. The number of nitrogens with zero attached hydrogens (tertiary/aromatic N) is 1. The molecule has 0 saturated carbocycles. The minimum atomic E-state index is -0.745. The van der Waals surface area contributed by atoms with E-state index < -0.39 is 36.2 Å². The van der Waals surface area contributed by atoms with Crippen molar-refractivity contribution in [1.29, 1.82) is 0 Å². The molecule has 42 heavy (non-hydrogen) atoms. The van der Waals surface area contributed by atoms with Crippen LogP contribution in [-0.4, -0.2) is 49.4 Å². The predicted octanol–water partition coefficient (Wildman–Crippen LogP) is 5.95. The lowest BCUT2D eigenvalue weighted by Gasteiger charge is -2.17. The largest absolute Gasteiger partial charge is 0.462 e. The van der Waals surface area contributed by atoms with Crippen LogP contribution >= 0.6 is 23.2 Å². The highest BCUT2D eigenvalue weighted by Gasteiger charge is 2.36. The Hall–Kier alpha value is -4.21. The topological polar surface area (TPSA) is 116 Å². The Balaban J connectivity index is 1.26. The number of esters is 3. The summed E-state index contributed by atoms with van der Waals surface area (Å²) in [5, 5.41) is 0.524. The van der Waals surface area contributed by atoms with Gasteiger partial charge in [-0.1, -0.05) is 36.5 Å². The molecule has 4 rings (SSSR count). The van der Waals surface area contributed by atoms with Gasteiger partial charge in [0, 0.05) is 29.2 Å². The number of benzene rings is 3. The maximum Gasteiger partial charge on any atom is 0.345 e. The molecule has 0 N–H and O–H groups in total. The van der Waals surface area contributed by atoms with Gasteiger partial charge in [0.15, 0.2) is 12.4 Å². The van der Waals surface area contributed by atoms with E-state index in [-0.39, 0.29) is 40.8 Å². The molecule has 0 radical (unpaired) electrons. The first kappa shape index (κ1) is 30.7. The average Bonchev–Trinajstić information content (AvgIpc) is 3.37. The number of carbonyl (C=O) groups excluding carboxylic acids is 5. The van der Waals surface area contributed by atoms with Crippen LogP contribution in [-0.2, 0) is 19.1 Å². The number of amides is 1. The van der Waals surface area contributed by atoms with E-state index in [2.05, 4.69) is 0 Å². The maximum atomic E-state index is 12.6. The minimum absolute atomic E-state index is 0.0640. The van der Waals surface area contributed by atoms with Crippen molar-refractivity contribution in [2.24, 2.45) is 5.92 Å². The average molecular weight is 612 g/mol. The quantitative estimate of drug-likeness (QED) is 0.113. The van der Waals surface area contributed by atoms with Crippen LogP contribution in [0.3, 0.4) is 0 Å². The number of rotatable bonds is 11. The van der Waals surface area contributed by atoms with Crippen LogP contribution in [0.5, 0.6) is 5.75 Å². The highest BCUT2D eigenvalue weighted by molar-refractivity contribution is 6.36. The maximum absolute atomic E-state index is 12.6. The number of anilines is 1. The number of hydrogen-bond acceptors (Lipinski definition) is 8. The van der Waals surface area contributed by atoms with Crippen molar-refractivity contribution >= 4 is 58.5 Å². The van der Waals surface area contributed by atoms with Crippen molar-refractivity contribution in [1.82, 2.24) is 0 Å². The minimum Gasteiger partial charge on any atom is -0.462 e. The summed E-state index contributed by atoms with van der Waals surface area (Å²) in [6.45, 7) is 1.91. The van der Waals surface area contributed by atoms with E-state index in [9.17, 15) is 24.0 Å². The van der Waals surface area contributed by atoms with Gasteiger partial charge in [0.05, 0.1) is 28.7 Å². The first-order valence-corrected chi connectivity index (χ1v) is 14.0. The van der Waals surface area contributed by atoms with E-state index in [0.29, 0.717) is 22.9 Å². The summed E-state index contributed by atoms with van der Waals surface area (Å²) in [6.07, 6.45) is 1.63. The number of unbranched alkanes of at least 4 members (excludes halogenated alkanes) is 1. The van der Waals surface area contributed by atoms with E-state index in [1.54, 1.807) is 24.3 Å². The molecule has 0 spiro atoms. The van der Waals surface area contributed by atoms with Gasteiger partial charge in [-0.15, -0.1) is 0 Å². The molecule has 3 aromatic rings. The predicted molar refractivity (Wildman–Crippen MR) is 155 cm³/mol. The third-order valence-electron chi connectivity index (χ3n) is 6.49. The molecule has 1 saturated heterocycles. The summed E-state index contributed by atoms with van der Waals surface area (Å²) in [5.74, 6) is -3.09. The lowest BCUT2D eigenvalue weighted by molar-refractivity contribution is -0.147. The molecular weight excluding hydrogens is 585 g/mol. The lowest BCUT2D eigenvalue weighted by Crippen LogP contribution is -2.27. The van der Waals surface area contributed by atoms with Gasteiger partial charge in [-0.2, -0.15) is 0 Å². The molecular formula is C31H27Cl2NO8. The smallest absolute Gasteiger partial charge is 0.345 e. The van der Waals surface area contributed by atoms with Crippen molar-refractivity contribution in [3.8, 4) is 5.75 Å². The van der Waals surface area contributed by atoms with E-state index >= 15 is 0 Å². The van der Waals surface area contributed by atoms with Gasteiger partial charge < -0.3 is 19.1 Å². The fourth-order valence-corrected chi connectivity index (χ4v) is 4.63. The molecule has 0 aromatic heterocycles. The molecule has 1 fully saturated rings. The Bertz CT molecular complexity index is 1490. The number of ether oxygens (including phenoxy) is 3. The van der Waals surface area contributed by atoms with E-state index in [1.165, 1.54) is 47.4 Å². The molecule has 1 amide bonds. The third kappa shape index (κ3) is 7.74. The fourth-order valence-electron chi connectivity index (χ4n) is 4.15. The van der Waals surface area contributed by atoms with Crippen LogP contribution < -0.4 is 9.64 Å². The highest BCUT2D eigenvalue weighted by Crippen LogP contribution is 2.27. The van der Waals surface area contributed by atoms with Crippen LogP contribution in [0.2, 0.25) is 10.0 Å². The van der Waals surface area contributed by atoms with Gasteiger partial charge >= 0.3 is 17.9 Å². The van der Waals surface area contributed by atoms with Crippen molar-refractivity contribution in [3.63, 3.8) is 0 Å². The number of halogens is 2. The number of carbonyl (C=O) groups is 5. The normalized spacial score (nSPS) is 14.4. The molecule has 9 nitrogen and oxygen atoms in total. The van der Waals surface area contributed by atoms with Crippen molar-refractivity contribution in [2.45, 2.75) is 26.2 Å². The SMILES string of the molecule is CCCCOC(=O)c1ccc(N2C[C@@H](C(=O)OCC(=O)c3ccc(OC(=O)c4ccc(Cl)cc4Cl)cc3)CC2=O)cc1. The second kappa shape index (κ2) is 14.1. The molecule has 218 valence electrons. The van der Waals surface area contributed by atoms with Crippen LogP contribution in [0.1, 0.15) is 57.3 Å². The van der Waals surface area contributed by atoms with Crippen LogP contribution in [0, 0.1) is 5.92 Å². The first-order valence-electron chi connectivity index (χ1n) is 13.2. The second-order valence-corrected chi connectivity index (χ2v) is 10.4. The van der Waals surface area contributed by atoms with Crippen molar-refractivity contribution in [2.75, 3.05) is 24.7 Å². The molecule has 3 aromatic carbocycles. The second-order valence-electron chi connectivity index (χ2n) is 9.51. The van der Waals surface area contributed by atoms with E-state index in [4.69, 9.17) is 37.4 Å². The third-order valence-corrected chi connectivity index (χ3v) is 7.04. The molecule has 1 aliphatic rings. The molecule has 0 unspecified atom stereocenters. The lowest BCUT2D eigenvalue weighted by atomic mass is 10.1. The zero-order valence-electron chi connectivity index (χ0n) is 22.6. The van der Waals surface area contributed by atoms with Gasteiger partial charge in [0.25, 0.3) is 0 Å². The molecule has 0 bridgehead atoms. The Labute approximate surface area is 252 Å². The van der Waals surface area contributed by atoms with Gasteiger partial charge in [0.2, 0.25) is 5.91 Å². The summed E-state index contributed by atoms with van der Waals surface area (Å²) in [4.78, 5) is 63.7. The van der Waals surface area contributed by atoms with Gasteiger partial charge in [-0.05, 0) is 73.2 Å². The Morgan fingerprint density at radius 2 is 1.57 bits per heavy atom. The van der Waals surface area contributed by atoms with Gasteiger partial charge in [-0.25, -0.2) is 9.59 Å². The summed E-state index contributed by atoms with van der Waals surface area (Å²) in [6, 6.07) is 16.5. The van der Waals surface area contributed by atoms with E-state index in [0.717, 1.165) is 12.8 Å². The summed E-state index contributed by atoms with van der Waals surface area (Å²) >= 11 is 11.9. The van der Waals surface area contributed by atoms with Crippen LogP contribution in [0.4, 0.5) is 5.69 Å². The summed E-state index contributed by atoms with van der Waals surface area (Å²) < 4.78 is 15.7. The Kier molecular flexibility index (Phi) is 10.3. The Morgan fingerprint density at radius 1 is 0.881 bits per heavy atom. The number of Topliss-reactive ketones (excluding diaryl/α,β-unsaturated/α-hetero) is 1. The van der Waals surface area contributed by atoms with Crippen LogP contribution in [0.25, 0.3) is 0 Å². The zero-order chi connectivity index (χ0) is 30.2. The molecule has 0 aliphatic carbocycles.